The average Bonchev–Trinajstić information content (AvgIpc) is 3.34. The van der Waals surface area contributed by atoms with Crippen molar-refractivity contribution in [3.63, 3.8) is 0 Å². The van der Waals surface area contributed by atoms with Crippen LogP contribution >= 0.6 is 11.8 Å². The minimum absolute atomic E-state index is 0.0604. The molecule has 4 rings (SSSR count). The minimum atomic E-state index is -0.280. The van der Waals surface area contributed by atoms with Crippen LogP contribution in [0.3, 0.4) is 0 Å². The molecule has 3 aromatic carbocycles. The SMILES string of the molecule is Cc1ccc(-c2nnc(SCC(=O)Nc3ccccc3C(=O)N[C@@H](C)c3ccccc3)o2)cc1C. The van der Waals surface area contributed by atoms with Crippen LogP contribution in [-0.2, 0) is 4.79 Å². The highest BCUT2D eigenvalue weighted by molar-refractivity contribution is 7.99. The van der Waals surface area contributed by atoms with Crippen LogP contribution < -0.4 is 10.6 Å². The van der Waals surface area contributed by atoms with E-state index in [2.05, 4.69) is 20.8 Å². The molecule has 0 fully saturated rings. The number of nitrogens with zero attached hydrogens (tertiary/aromatic N) is 2. The van der Waals surface area contributed by atoms with E-state index in [1.54, 1.807) is 24.3 Å². The molecule has 0 aliphatic carbocycles. The van der Waals surface area contributed by atoms with Gasteiger partial charge in [0.25, 0.3) is 11.1 Å². The highest BCUT2D eigenvalue weighted by Gasteiger charge is 2.17. The number of carbonyl (C=O) groups excluding carboxylic acids is 2. The summed E-state index contributed by atoms with van der Waals surface area (Å²) in [5, 5.41) is 14.2. The molecule has 7 nitrogen and oxygen atoms in total. The lowest BCUT2D eigenvalue weighted by molar-refractivity contribution is -0.113. The van der Waals surface area contributed by atoms with Crippen LogP contribution in [-0.4, -0.2) is 27.8 Å². The molecule has 0 bridgehead atoms. The maximum absolute atomic E-state index is 12.9. The third-order valence-corrected chi connectivity index (χ3v) is 6.40. The highest BCUT2D eigenvalue weighted by atomic mass is 32.2. The molecule has 1 heterocycles. The predicted molar refractivity (Wildman–Crippen MR) is 137 cm³/mol. The lowest BCUT2D eigenvalue weighted by Crippen LogP contribution is -2.28. The summed E-state index contributed by atoms with van der Waals surface area (Å²) in [6.45, 7) is 5.98. The van der Waals surface area contributed by atoms with E-state index in [1.807, 2.05) is 69.3 Å². The third kappa shape index (κ3) is 6.16. The van der Waals surface area contributed by atoms with E-state index in [1.165, 1.54) is 5.56 Å². The third-order valence-electron chi connectivity index (χ3n) is 5.58. The van der Waals surface area contributed by atoms with Crippen molar-refractivity contribution in [2.24, 2.45) is 0 Å². The van der Waals surface area contributed by atoms with E-state index in [9.17, 15) is 9.59 Å². The quantitative estimate of drug-likeness (QED) is 0.316. The van der Waals surface area contributed by atoms with Crippen LogP contribution in [0.5, 0.6) is 0 Å². The molecule has 2 N–H and O–H groups in total. The molecule has 1 aromatic heterocycles. The molecule has 2 amide bonds. The molecule has 0 spiro atoms. The van der Waals surface area contributed by atoms with Gasteiger partial charge in [-0.1, -0.05) is 60.3 Å². The van der Waals surface area contributed by atoms with Gasteiger partial charge in [0, 0.05) is 5.56 Å². The lowest BCUT2D eigenvalue weighted by atomic mass is 10.1. The van der Waals surface area contributed by atoms with Gasteiger partial charge in [-0.25, -0.2) is 0 Å². The van der Waals surface area contributed by atoms with Gasteiger partial charge in [0.1, 0.15) is 0 Å². The summed E-state index contributed by atoms with van der Waals surface area (Å²) in [5.41, 5.74) is 4.99. The molecular formula is C27H26N4O3S. The van der Waals surface area contributed by atoms with E-state index in [0.29, 0.717) is 22.4 Å². The number of aromatic nitrogens is 2. The van der Waals surface area contributed by atoms with Crippen molar-refractivity contribution in [1.29, 1.82) is 0 Å². The van der Waals surface area contributed by atoms with Crippen molar-refractivity contribution in [3.05, 3.63) is 95.1 Å². The molecule has 0 aliphatic heterocycles. The fraction of sp³-hybridized carbons (Fsp3) is 0.185. The van der Waals surface area contributed by atoms with Crippen LogP contribution in [0.4, 0.5) is 5.69 Å². The second-order valence-corrected chi connectivity index (χ2v) is 9.09. The Morgan fingerprint density at radius 1 is 0.943 bits per heavy atom. The Hall–Kier alpha value is -3.91. The summed E-state index contributed by atoms with van der Waals surface area (Å²) in [6.07, 6.45) is 0. The van der Waals surface area contributed by atoms with Crippen molar-refractivity contribution >= 4 is 29.3 Å². The van der Waals surface area contributed by atoms with Gasteiger partial charge < -0.3 is 15.1 Å². The van der Waals surface area contributed by atoms with Crippen molar-refractivity contribution in [3.8, 4) is 11.5 Å². The molecule has 178 valence electrons. The van der Waals surface area contributed by atoms with E-state index in [-0.39, 0.29) is 23.6 Å². The molecule has 1 atom stereocenters. The summed E-state index contributed by atoms with van der Waals surface area (Å²) in [4.78, 5) is 25.5. The van der Waals surface area contributed by atoms with Crippen LogP contribution in [0.2, 0.25) is 0 Å². The molecule has 35 heavy (non-hydrogen) atoms. The number of aryl methyl sites for hydroxylation is 2. The smallest absolute Gasteiger partial charge is 0.277 e. The molecule has 8 heteroatoms. The van der Waals surface area contributed by atoms with Crippen molar-refractivity contribution < 1.29 is 14.0 Å². The fourth-order valence-corrected chi connectivity index (χ4v) is 4.03. The van der Waals surface area contributed by atoms with Gasteiger partial charge in [0.15, 0.2) is 0 Å². The number of nitrogens with one attached hydrogen (secondary N) is 2. The zero-order chi connectivity index (χ0) is 24.8. The van der Waals surface area contributed by atoms with Gasteiger partial charge in [-0.15, -0.1) is 10.2 Å². The summed E-state index contributed by atoms with van der Waals surface area (Å²) < 4.78 is 5.71. The number of carbonyl (C=O) groups is 2. The van der Waals surface area contributed by atoms with Gasteiger partial charge in [0.2, 0.25) is 11.8 Å². The van der Waals surface area contributed by atoms with Crippen molar-refractivity contribution in [1.82, 2.24) is 15.5 Å². The summed E-state index contributed by atoms with van der Waals surface area (Å²) in [7, 11) is 0. The number of anilines is 1. The van der Waals surface area contributed by atoms with Gasteiger partial charge >= 0.3 is 0 Å². The second-order valence-electron chi connectivity index (χ2n) is 8.16. The van der Waals surface area contributed by atoms with E-state index >= 15 is 0 Å². The first-order valence-corrected chi connectivity index (χ1v) is 12.2. The molecule has 0 unspecified atom stereocenters. The Morgan fingerprint density at radius 2 is 1.69 bits per heavy atom. The average molecular weight is 487 g/mol. The number of thioether (sulfide) groups is 1. The Kier molecular flexibility index (Phi) is 7.62. The number of amides is 2. The van der Waals surface area contributed by atoms with E-state index < -0.39 is 0 Å². The molecule has 0 saturated heterocycles. The van der Waals surface area contributed by atoms with Crippen LogP contribution in [0.1, 0.15) is 40.0 Å². The molecule has 0 radical (unpaired) electrons. The van der Waals surface area contributed by atoms with Crippen molar-refractivity contribution in [2.45, 2.75) is 32.0 Å². The number of hydrogen-bond donors (Lipinski definition) is 2. The summed E-state index contributed by atoms with van der Waals surface area (Å²) in [5.74, 6) is -0.0760. The lowest BCUT2D eigenvalue weighted by Gasteiger charge is -2.16. The second kappa shape index (κ2) is 11.0. The largest absolute Gasteiger partial charge is 0.411 e. The first kappa shape index (κ1) is 24.2. The van der Waals surface area contributed by atoms with Crippen LogP contribution in [0, 0.1) is 13.8 Å². The highest BCUT2D eigenvalue weighted by Crippen LogP contribution is 2.25. The standard InChI is InChI=1S/C27H26N4O3S/c1-17-13-14-21(15-18(17)2)26-30-31-27(34-26)35-16-24(32)29-23-12-8-7-11-22(23)25(33)28-19(3)20-9-5-4-6-10-20/h4-15,19H,16H2,1-3H3,(H,28,33)(H,29,32)/t19-/m0/s1. The molecule has 4 aromatic rings. The van der Waals surface area contributed by atoms with E-state index in [4.69, 9.17) is 4.42 Å². The number of benzene rings is 3. The van der Waals surface area contributed by atoms with Gasteiger partial charge in [-0.3, -0.25) is 9.59 Å². The summed E-state index contributed by atoms with van der Waals surface area (Å²) in [6, 6.07) is 22.4. The minimum Gasteiger partial charge on any atom is -0.411 e. The topological polar surface area (TPSA) is 97.1 Å². The summed E-state index contributed by atoms with van der Waals surface area (Å²) >= 11 is 1.14. The number of hydrogen-bond acceptors (Lipinski definition) is 6. The number of rotatable bonds is 8. The Bertz CT molecular complexity index is 1340. The normalized spacial score (nSPS) is 11.6. The zero-order valence-electron chi connectivity index (χ0n) is 19.7. The van der Waals surface area contributed by atoms with Gasteiger partial charge in [-0.05, 0) is 61.7 Å². The van der Waals surface area contributed by atoms with Gasteiger partial charge in [0.05, 0.1) is 23.0 Å². The molecule has 0 saturated carbocycles. The van der Waals surface area contributed by atoms with Gasteiger partial charge in [-0.2, -0.15) is 0 Å². The maximum atomic E-state index is 12.9. The van der Waals surface area contributed by atoms with Crippen LogP contribution in [0.15, 0.2) is 82.4 Å². The van der Waals surface area contributed by atoms with E-state index in [0.717, 1.165) is 28.5 Å². The molecular weight excluding hydrogens is 460 g/mol. The Labute approximate surface area is 208 Å². The monoisotopic (exact) mass is 486 g/mol. The fourth-order valence-electron chi connectivity index (χ4n) is 3.46. The zero-order valence-corrected chi connectivity index (χ0v) is 20.6. The molecule has 0 aliphatic rings. The first-order chi connectivity index (χ1) is 16.9. The van der Waals surface area contributed by atoms with Crippen molar-refractivity contribution in [2.75, 3.05) is 11.1 Å². The predicted octanol–water partition coefficient (Wildman–Crippen LogP) is 5.58. The Morgan fingerprint density at radius 3 is 2.46 bits per heavy atom. The number of para-hydroxylation sites is 1. The maximum Gasteiger partial charge on any atom is 0.277 e. The Balaban J connectivity index is 1.36. The van der Waals surface area contributed by atoms with Crippen LogP contribution in [0.25, 0.3) is 11.5 Å². The first-order valence-electron chi connectivity index (χ1n) is 11.2.